The number of benzene rings is 1. The molecule has 0 saturated heterocycles. The van der Waals surface area contributed by atoms with Gasteiger partial charge in [0.1, 0.15) is 0 Å². The molecule has 1 rings (SSSR count). The van der Waals surface area contributed by atoms with Crippen LogP contribution in [0.4, 0.5) is 0 Å². The zero-order chi connectivity index (χ0) is 15.1. The van der Waals surface area contributed by atoms with E-state index in [-0.39, 0.29) is 11.5 Å². The van der Waals surface area contributed by atoms with Crippen molar-refractivity contribution in [1.29, 1.82) is 0 Å². The van der Waals surface area contributed by atoms with Crippen molar-refractivity contribution in [2.75, 3.05) is 11.5 Å². The molecule has 1 aromatic carbocycles. The Morgan fingerprint density at radius 1 is 1.00 bits per heavy atom. The topological polar surface area (TPSA) is 118 Å². The van der Waals surface area contributed by atoms with Gasteiger partial charge in [-0.25, -0.2) is 0 Å². The Labute approximate surface area is 126 Å². The number of amides is 1. The molecule has 6 nitrogen and oxygen atoms in total. The predicted octanol–water partition coefficient (Wildman–Crippen LogP) is 0.116. The van der Waals surface area contributed by atoms with Crippen LogP contribution in [-0.2, 0) is 9.59 Å². The van der Waals surface area contributed by atoms with Gasteiger partial charge in [-0.3, -0.25) is 0 Å². The SMILES string of the molecule is NC(=O)c1ccc([As](SCC(=O)O)SCC(=O)O)cc1. The molecule has 0 aromatic heterocycles. The molecule has 0 fully saturated rings. The number of carbonyl (C=O) groups excluding carboxylic acids is 1. The molecule has 0 atom stereocenters. The van der Waals surface area contributed by atoms with Crippen molar-refractivity contribution < 1.29 is 24.6 Å². The van der Waals surface area contributed by atoms with Gasteiger partial charge >= 0.3 is 126 Å². The average molecular weight is 377 g/mol. The van der Waals surface area contributed by atoms with Gasteiger partial charge in [0.05, 0.1) is 0 Å². The van der Waals surface area contributed by atoms with Crippen molar-refractivity contribution in [2.24, 2.45) is 5.73 Å². The van der Waals surface area contributed by atoms with E-state index < -0.39 is 30.2 Å². The molecular weight excluding hydrogens is 365 g/mol. The molecule has 0 spiro atoms. The molecule has 0 aliphatic rings. The van der Waals surface area contributed by atoms with Crippen LogP contribution < -0.4 is 10.1 Å². The van der Waals surface area contributed by atoms with Crippen molar-refractivity contribution >= 4 is 54.6 Å². The van der Waals surface area contributed by atoms with E-state index in [0.29, 0.717) is 5.56 Å². The fourth-order valence-electron chi connectivity index (χ4n) is 1.16. The van der Waals surface area contributed by atoms with Gasteiger partial charge in [-0.2, -0.15) is 0 Å². The maximum absolute atomic E-state index is 11.0. The summed E-state index contributed by atoms with van der Waals surface area (Å²) in [5, 5.41) is 17.4. The summed E-state index contributed by atoms with van der Waals surface area (Å²) in [6.07, 6.45) is 0. The summed E-state index contributed by atoms with van der Waals surface area (Å²) in [5.74, 6) is -2.53. The van der Waals surface area contributed by atoms with Gasteiger partial charge in [0, 0.05) is 0 Å². The van der Waals surface area contributed by atoms with Crippen molar-refractivity contribution in [3.8, 4) is 0 Å². The van der Waals surface area contributed by atoms with E-state index in [2.05, 4.69) is 0 Å². The molecule has 0 aliphatic heterocycles. The van der Waals surface area contributed by atoms with Crippen molar-refractivity contribution in [1.82, 2.24) is 0 Å². The molecule has 108 valence electrons. The minimum absolute atomic E-state index is 0.0653. The van der Waals surface area contributed by atoms with Crippen molar-refractivity contribution in [3.05, 3.63) is 29.8 Å². The molecule has 0 aliphatic carbocycles. The van der Waals surface area contributed by atoms with Gasteiger partial charge in [-0.1, -0.05) is 0 Å². The van der Waals surface area contributed by atoms with Crippen LogP contribution in [-0.4, -0.2) is 51.9 Å². The number of hydrogen-bond acceptors (Lipinski definition) is 5. The van der Waals surface area contributed by atoms with E-state index in [0.717, 1.165) is 4.35 Å². The van der Waals surface area contributed by atoms with E-state index in [4.69, 9.17) is 15.9 Å². The molecule has 0 radical (unpaired) electrons. The molecule has 0 bridgehead atoms. The Balaban J connectivity index is 2.81. The van der Waals surface area contributed by atoms with Crippen LogP contribution in [0.25, 0.3) is 0 Å². The number of aliphatic carboxylic acids is 2. The minimum atomic E-state index is -1.91. The summed E-state index contributed by atoms with van der Waals surface area (Å²) in [7, 11) is 2.54. The number of nitrogens with two attached hydrogens (primary N) is 1. The Morgan fingerprint density at radius 3 is 1.80 bits per heavy atom. The molecule has 20 heavy (non-hydrogen) atoms. The quantitative estimate of drug-likeness (QED) is 0.551. The van der Waals surface area contributed by atoms with Crippen LogP contribution in [0.2, 0.25) is 0 Å². The van der Waals surface area contributed by atoms with E-state index in [9.17, 15) is 14.4 Å². The average Bonchev–Trinajstić information content (AvgIpc) is 2.38. The third-order valence-electron chi connectivity index (χ3n) is 1.97. The van der Waals surface area contributed by atoms with E-state index in [1.807, 2.05) is 0 Å². The number of hydrogen-bond donors (Lipinski definition) is 3. The normalized spacial score (nSPS) is 10.4. The van der Waals surface area contributed by atoms with Crippen LogP contribution in [0.5, 0.6) is 0 Å². The molecule has 0 heterocycles. The van der Waals surface area contributed by atoms with Gasteiger partial charge in [0.25, 0.3) is 0 Å². The van der Waals surface area contributed by atoms with Crippen LogP contribution in [0.1, 0.15) is 10.4 Å². The summed E-state index contributed by atoms with van der Waals surface area (Å²) >= 11 is -1.91. The molecule has 1 amide bonds. The van der Waals surface area contributed by atoms with Gasteiger partial charge in [0.15, 0.2) is 0 Å². The van der Waals surface area contributed by atoms with E-state index in [1.54, 1.807) is 24.3 Å². The van der Waals surface area contributed by atoms with Crippen LogP contribution in [0, 0.1) is 0 Å². The summed E-state index contributed by atoms with van der Waals surface area (Å²) < 4.78 is 0.889. The first kappa shape index (κ1) is 16.9. The molecule has 0 unspecified atom stereocenters. The second kappa shape index (κ2) is 8.24. The summed E-state index contributed by atoms with van der Waals surface area (Å²) in [5.41, 5.74) is 5.51. The summed E-state index contributed by atoms with van der Waals surface area (Å²) in [6.45, 7) is 0. The van der Waals surface area contributed by atoms with E-state index >= 15 is 0 Å². The van der Waals surface area contributed by atoms with Gasteiger partial charge in [-0.05, 0) is 0 Å². The zero-order valence-corrected chi connectivity index (χ0v) is 13.7. The summed E-state index contributed by atoms with van der Waals surface area (Å²) in [6, 6.07) is 6.57. The molecule has 9 heteroatoms. The Kier molecular flexibility index (Phi) is 6.98. The zero-order valence-electron chi connectivity index (χ0n) is 10.2. The number of carboxylic acid groups (broad SMARTS) is 2. The monoisotopic (exact) mass is 377 g/mol. The first-order valence-corrected chi connectivity index (χ1v) is 12.7. The van der Waals surface area contributed by atoms with Crippen LogP contribution in [0.3, 0.4) is 0 Å². The third kappa shape index (κ3) is 5.90. The fraction of sp³-hybridized carbons (Fsp3) is 0.182. The second-order valence-corrected chi connectivity index (χ2v) is 15.0. The number of rotatable bonds is 8. The Hall–Kier alpha value is -1.11. The van der Waals surface area contributed by atoms with Crippen molar-refractivity contribution in [2.45, 2.75) is 0 Å². The molecule has 1 aromatic rings. The van der Waals surface area contributed by atoms with E-state index in [1.165, 1.54) is 20.0 Å². The molecule has 0 saturated carbocycles. The fourth-order valence-corrected chi connectivity index (χ4v) is 12.1. The number of primary amides is 1. The van der Waals surface area contributed by atoms with Gasteiger partial charge in [-0.15, -0.1) is 0 Å². The number of carboxylic acids is 2. The third-order valence-corrected chi connectivity index (χ3v) is 14.8. The van der Waals surface area contributed by atoms with Crippen LogP contribution in [0.15, 0.2) is 24.3 Å². The maximum atomic E-state index is 11.0. The Bertz CT molecular complexity index is 490. The van der Waals surface area contributed by atoms with Gasteiger partial charge < -0.3 is 0 Å². The Morgan fingerprint density at radius 2 is 1.45 bits per heavy atom. The second-order valence-electron chi connectivity index (χ2n) is 3.50. The first-order valence-electron chi connectivity index (χ1n) is 5.29. The standard InChI is InChI=1S/C11H12AsNO5S2/c13-11(18)7-1-3-8(4-2-7)12(19-5-9(14)15)20-6-10(16)17/h1-4H,5-6H2,(H2,13,18)(H,14,15)(H,16,17). The summed E-state index contributed by atoms with van der Waals surface area (Å²) in [4.78, 5) is 32.2. The van der Waals surface area contributed by atoms with Crippen LogP contribution >= 0.6 is 20.0 Å². The molecular formula is C11H12AsNO5S2. The van der Waals surface area contributed by atoms with Gasteiger partial charge in [0.2, 0.25) is 0 Å². The number of carbonyl (C=O) groups is 3. The first-order chi connectivity index (χ1) is 9.40. The molecule has 4 N–H and O–H groups in total. The predicted molar refractivity (Wildman–Crippen MR) is 80.5 cm³/mol. The van der Waals surface area contributed by atoms with Crippen molar-refractivity contribution in [3.63, 3.8) is 0 Å².